The van der Waals surface area contributed by atoms with Gasteiger partial charge in [-0.3, -0.25) is 14.9 Å². The lowest BCUT2D eigenvalue weighted by Gasteiger charge is -2.05. The standard InChI is InChI=1S/C22H15Cl2N3O5S/c1-12-8-14(5-7-18(12)23)31-11-16-4-3-15(32-16)10-25-26-22(28)21-20(24)17-6-2-13(27(29)30)9-19(17)33-21/h2-10H,11H2,1H3,(H,26,28). The minimum Gasteiger partial charge on any atom is -0.486 e. The molecule has 0 saturated heterocycles. The molecular weight excluding hydrogens is 489 g/mol. The Labute approximate surface area is 201 Å². The molecule has 11 heteroatoms. The van der Waals surface area contributed by atoms with Crippen LogP contribution in [-0.4, -0.2) is 17.0 Å². The van der Waals surface area contributed by atoms with Crippen molar-refractivity contribution in [3.8, 4) is 5.75 Å². The number of hydrazone groups is 1. The number of carbonyl (C=O) groups is 1. The van der Waals surface area contributed by atoms with Gasteiger partial charge in [0.15, 0.2) is 0 Å². The Morgan fingerprint density at radius 2 is 2.06 bits per heavy atom. The number of fused-ring (bicyclic) bond motifs is 1. The van der Waals surface area contributed by atoms with Crippen molar-refractivity contribution in [2.75, 3.05) is 0 Å². The van der Waals surface area contributed by atoms with E-state index in [-0.39, 0.29) is 22.2 Å². The van der Waals surface area contributed by atoms with Crippen LogP contribution in [0.1, 0.15) is 26.8 Å². The zero-order valence-corrected chi connectivity index (χ0v) is 19.3. The van der Waals surface area contributed by atoms with Gasteiger partial charge in [0.2, 0.25) is 0 Å². The van der Waals surface area contributed by atoms with E-state index in [2.05, 4.69) is 10.5 Å². The quantitative estimate of drug-likeness (QED) is 0.179. The fourth-order valence-electron chi connectivity index (χ4n) is 2.92. The summed E-state index contributed by atoms with van der Waals surface area (Å²) in [6.07, 6.45) is 1.35. The number of thiophene rings is 1. The lowest BCUT2D eigenvalue weighted by atomic mass is 10.2. The molecular formula is C22H15Cl2N3O5S. The number of halogens is 2. The van der Waals surface area contributed by atoms with Gasteiger partial charge < -0.3 is 9.15 Å². The molecule has 1 N–H and O–H groups in total. The summed E-state index contributed by atoms with van der Waals surface area (Å²) in [6.45, 7) is 2.10. The van der Waals surface area contributed by atoms with Crippen LogP contribution in [0.15, 0.2) is 58.0 Å². The Bertz CT molecular complexity index is 1400. The zero-order chi connectivity index (χ0) is 23.5. The van der Waals surface area contributed by atoms with Crippen molar-refractivity contribution in [2.45, 2.75) is 13.5 Å². The molecule has 1 amide bonds. The Kier molecular flexibility index (Phi) is 6.64. The zero-order valence-electron chi connectivity index (χ0n) is 17.0. The third-order valence-corrected chi connectivity index (χ3v) is 6.66. The molecule has 4 rings (SSSR count). The number of carbonyl (C=O) groups excluding carboxylic acids is 1. The Morgan fingerprint density at radius 1 is 1.24 bits per heavy atom. The SMILES string of the molecule is Cc1cc(OCc2ccc(C=NNC(=O)c3sc4cc([N+](=O)[O-])ccc4c3Cl)o2)ccc1Cl. The molecule has 0 saturated carbocycles. The number of hydrogen-bond donors (Lipinski definition) is 1. The van der Waals surface area contributed by atoms with Crippen molar-refractivity contribution in [1.29, 1.82) is 0 Å². The summed E-state index contributed by atoms with van der Waals surface area (Å²) in [6, 6.07) is 13.0. The van der Waals surface area contributed by atoms with Crippen molar-refractivity contribution < 1.29 is 18.9 Å². The molecule has 0 fully saturated rings. The van der Waals surface area contributed by atoms with Crippen molar-refractivity contribution in [1.82, 2.24) is 5.43 Å². The number of hydrogen-bond acceptors (Lipinski definition) is 7. The van der Waals surface area contributed by atoms with Gasteiger partial charge in [-0.1, -0.05) is 23.2 Å². The molecule has 2 aromatic heterocycles. The summed E-state index contributed by atoms with van der Waals surface area (Å²) in [7, 11) is 0. The second kappa shape index (κ2) is 9.62. The van der Waals surface area contributed by atoms with Gasteiger partial charge in [-0.15, -0.1) is 11.3 Å². The van der Waals surface area contributed by atoms with E-state index >= 15 is 0 Å². The largest absolute Gasteiger partial charge is 0.486 e. The molecule has 0 spiro atoms. The van der Waals surface area contributed by atoms with Gasteiger partial charge in [0, 0.05) is 27.2 Å². The average molecular weight is 504 g/mol. The smallest absolute Gasteiger partial charge is 0.283 e. The second-order valence-corrected chi connectivity index (χ2v) is 8.72. The fourth-order valence-corrected chi connectivity index (χ4v) is 4.48. The van der Waals surface area contributed by atoms with Crippen LogP contribution in [0.4, 0.5) is 5.69 Å². The second-order valence-electron chi connectivity index (χ2n) is 6.89. The summed E-state index contributed by atoms with van der Waals surface area (Å²) >= 11 is 13.3. The van der Waals surface area contributed by atoms with Crippen LogP contribution in [0.5, 0.6) is 5.75 Å². The number of furan rings is 1. The maximum absolute atomic E-state index is 12.5. The molecule has 2 heterocycles. The molecule has 0 aliphatic carbocycles. The Balaban J connectivity index is 1.38. The highest BCUT2D eigenvalue weighted by Crippen LogP contribution is 2.37. The van der Waals surface area contributed by atoms with Gasteiger partial charge in [0.1, 0.15) is 28.8 Å². The maximum Gasteiger partial charge on any atom is 0.283 e. The van der Waals surface area contributed by atoms with Crippen molar-refractivity contribution >= 4 is 62.4 Å². The van der Waals surface area contributed by atoms with Gasteiger partial charge in [-0.25, -0.2) is 5.43 Å². The first kappa shape index (κ1) is 22.8. The number of aryl methyl sites for hydroxylation is 1. The van der Waals surface area contributed by atoms with Gasteiger partial charge in [-0.2, -0.15) is 5.10 Å². The van der Waals surface area contributed by atoms with Gasteiger partial charge in [0.05, 0.1) is 16.2 Å². The number of nitrogens with zero attached hydrogens (tertiary/aromatic N) is 2. The van der Waals surface area contributed by atoms with Gasteiger partial charge >= 0.3 is 0 Å². The van der Waals surface area contributed by atoms with E-state index < -0.39 is 10.8 Å². The number of nitrogens with one attached hydrogen (secondary N) is 1. The Morgan fingerprint density at radius 3 is 2.82 bits per heavy atom. The lowest BCUT2D eigenvalue weighted by molar-refractivity contribution is -0.384. The van der Waals surface area contributed by atoms with Crippen LogP contribution >= 0.6 is 34.5 Å². The van der Waals surface area contributed by atoms with Crippen LogP contribution in [0.3, 0.4) is 0 Å². The summed E-state index contributed by atoms with van der Waals surface area (Å²) < 4.78 is 11.8. The van der Waals surface area contributed by atoms with Crippen LogP contribution in [0.25, 0.3) is 10.1 Å². The number of amides is 1. The van der Waals surface area contributed by atoms with E-state index in [0.29, 0.717) is 32.4 Å². The normalized spacial score (nSPS) is 11.2. The van der Waals surface area contributed by atoms with E-state index in [1.807, 2.05) is 13.0 Å². The number of non-ortho nitro benzene ring substituents is 1. The van der Waals surface area contributed by atoms with Crippen LogP contribution in [0.2, 0.25) is 10.0 Å². The molecule has 2 aromatic carbocycles. The summed E-state index contributed by atoms with van der Waals surface area (Å²) in [5.41, 5.74) is 3.22. The summed E-state index contributed by atoms with van der Waals surface area (Å²) in [5, 5.41) is 16.3. The minimum absolute atomic E-state index is 0.0748. The molecule has 168 valence electrons. The maximum atomic E-state index is 12.5. The molecule has 0 radical (unpaired) electrons. The van der Waals surface area contributed by atoms with Crippen molar-refractivity contribution in [2.24, 2.45) is 5.10 Å². The van der Waals surface area contributed by atoms with E-state index in [0.717, 1.165) is 16.9 Å². The van der Waals surface area contributed by atoms with Crippen LogP contribution in [-0.2, 0) is 6.61 Å². The van der Waals surface area contributed by atoms with E-state index in [9.17, 15) is 14.9 Å². The predicted octanol–water partition coefficient (Wildman–Crippen LogP) is 6.36. The van der Waals surface area contributed by atoms with Gasteiger partial charge in [0.25, 0.3) is 11.6 Å². The van der Waals surface area contributed by atoms with E-state index in [4.69, 9.17) is 32.4 Å². The molecule has 0 aliphatic heterocycles. The van der Waals surface area contributed by atoms with Crippen LogP contribution in [0, 0.1) is 17.0 Å². The number of nitro benzene ring substituents is 1. The number of nitro groups is 1. The molecule has 8 nitrogen and oxygen atoms in total. The Hall–Kier alpha value is -3.40. The molecule has 0 atom stereocenters. The minimum atomic E-state index is -0.534. The highest BCUT2D eigenvalue weighted by atomic mass is 35.5. The average Bonchev–Trinajstić information content (AvgIpc) is 3.38. The first-order valence-corrected chi connectivity index (χ1v) is 11.1. The van der Waals surface area contributed by atoms with Crippen molar-refractivity contribution in [3.05, 3.63) is 90.7 Å². The third kappa shape index (κ3) is 5.16. The highest BCUT2D eigenvalue weighted by Gasteiger charge is 2.19. The topological polar surface area (TPSA) is 107 Å². The summed E-state index contributed by atoms with van der Waals surface area (Å²) in [4.78, 5) is 23.1. The molecule has 0 aliphatic rings. The molecule has 33 heavy (non-hydrogen) atoms. The van der Waals surface area contributed by atoms with E-state index in [1.165, 1.54) is 24.4 Å². The number of benzene rings is 2. The fraction of sp³-hybridized carbons (Fsp3) is 0.0909. The highest BCUT2D eigenvalue weighted by molar-refractivity contribution is 7.21. The molecule has 0 bridgehead atoms. The van der Waals surface area contributed by atoms with E-state index in [1.54, 1.807) is 24.3 Å². The molecule has 0 unspecified atom stereocenters. The monoisotopic (exact) mass is 503 g/mol. The first-order chi connectivity index (χ1) is 15.8. The number of ether oxygens (including phenoxy) is 1. The molecule has 4 aromatic rings. The third-order valence-electron chi connectivity index (χ3n) is 4.58. The van der Waals surface area contributed by atoms with Crippen LogP contribution < -0.4 is 10.2 Å². The number of rotatable bonds is 7. The van der Waals surface area contributed by atoms with Gasteiger partial charge in [-0.05, 0) is 48.9 Å². The first-order valence-electron chi connectivity index (χ1n) is 9.49. The van der Waals surface area contributed by atoms with Crippen molar-refractivity contribution in [3.63, 3.8) is 0 Å². The predicted molar refractivity (Wildman–Crippen MR) is 128 cm³/mol. The lowest BCUT2D eigenvalue weighted by Crippen LogP contribution is -2.16. The summed E-state index contributed by atoms with van der Waals surface area (Å²) in [5.74, 6) is 1.12.